The molecule has 1 fully saturated rings. The third-order valence-electron chi connectivity index (χ3n) is 3.47. The Balaban J connectivity index is 1.78. The average molecular weight is 278 g/mol. The van der Waals surface area contributed by atoms with Crippen molar-refractivity contribution in [3.05, 3.63) is 21.9 Å². The Bertz CT molecular complexity index is 441. The molecule has 1 N–H and O–H groups in total. The summed E-state index contributed by atoms with van der Waals surface area (Å²) in [6, 6.07) is 2.10. The van der Waals surface area contributed by atoms with Gasteiger partial charge in [-0.2, -0.15) is 0 Å². The van der Waals surface area contributed by atoms with E-state index in [1.807, 2.05) is 0 Å². The molecular weight excluding hydrogens is 256 g/mol. The molecule has 0 amide bonds. The lowest BCUT2D eigenvalue weighted by Crippen LogP contribution is -2.21. The molecule has 104 valence electrons. The van der Waals surface area contributed by atoms with Crippen LogP contribution in [0.2, 0.25) is 0 Å². The molecule has 1 aliphatic carbocycles. The molecule has 0 saturated heterocycles. The molecule has 19 heavy (non-hydrogen) atoms. The Labute approximate surface area is 119 Å². The Hall–Kier alpha value is -0.820. The molecule has 1 aromatic rings. The van der Waals surface area contributed by atoms with Gasteiger partial charge in [-0.1, -0.05) is 31.6 Å². The summed E-state index contributed by atoms with van der Waals surface area (Å²) in [6.45, 7) is 3.16. The van der Waals surface area contributed by atoms with E-state index in [4.69, 9.17) is 9.84 Å². The van der Waals surface area contributed by atoms with Gasteiger partial charge in [-0.3, -0.25) is 0 Å². The van der Waals surface area contributed by atoms with E-state index in [-0.39, 0.29) is 6.61 Å². The molecule has 1 aromatic heterocycles. The molecule has 0 aromatic carbocycles. The summed E-state index contributed by atoms with van der Waals surface area (Å²) in [4.78, 5) is 1.24. The van der Waals surface area contributed by atoms with E-state index in [0.29, 0.717) is 19.1 Å². The molecule has 2 atom stereocenters. The predicted molar refractivity (Wildman–Crippen MR) is 79.1 cm³/mol. The minimum Gasteiger partial charge on any atom is -0.395 e. The second-order valence-corrected chi connectivity index (χ2v) is 6.28. The summed E-state index contributed by atoms with van der Waals surface area (Å²) in [5, 5.41) is 10.7. The van der Waals surface area contributed by atoms with Gasteiger partial charge in [0, 0.05) is 22.2 Å². The fraction of sp³-hybridized carbons (Fsp3) is 0.625. The molecule has 1 saturated carbocycles. The first-order valence-corrected chi connectivity index (χ1v) is 7.94. The lowest BCUT2D eigenvalue weighted by molar-refractivity contribution is 0.00590. The summed E-state index contributed by atoms with van der Waals surface area (Å²) in [7, 11) is 0. The van der Waals surface area contributed by atoms with Crippen molar-refractivity contribution >= 4 is 11.3 Å². The molecule has 1 heterocycles. The smallest absolute Gasteiger partial charge is 0.0813 e. The maximum atomic E-state index is 8.68. The van der Waals surface area contributed by atoms with Crippen LogP contribution in [0.3, 0.4) is 0 Å². The van der Waals surface area contributed by atoms with Crippen LogP contribution in [0.1, 0.15) is 49.5 Å². The molecule has 0 spiro atoms. The van der Waals surface area contributed by atoms with Gasteiger partial charge in [-0.05, 0) is 24.8 Å². The largest absolute Gasteiger partial charge is 0.395 e. The summed E-state index contributed by atoms with van der Waals surface area (Å²) < 4.78 is 6.00. The number of hydrogen-bond acceptors (Lipinski definition) is 3. The van der Waals surface area contributed by atoms with E-state index >= 15 is 0 Å². The lowest BCUT2D eigenvalue weighted by atomic mass is 9.89. The molecule has 3 heteroatoms. The van der Waals surface area contributed by atoms with Crippen molar-refractivity contribution < 1.29 is 9.84 Å². The molecule has 2 rings (SSSR count). The number of ether oxygens (including phenoxy) is 1. The molecule has 0 aliphatic heterocycles. The Morgan fingerprint density at radius 3 is 3.16 bits per heavy atom. The summed E-state index contributed by atoms with van der Waals surface area (Å²) >= 11 is 1.71. The van der Waals surface area contributed by atoms with Crippen molar-refractivity contribution in [2.45, 2.75) is 51.7 Å². The van der Waals surface area contributed by atoms with Crippen LogP contribution in [-0.4, -0.2) is 17.8 Å². The Morgan fingerprint density at radius 1 is 1.47 bits per heavy atom. The van der Waals surface area contributed by atoms with Crippen molar-refractivity contribution in [1.82, 2.24) is 0 Å². The zero-order valence-electron chi connectivity index (χ0n) is 11.5. The van der Waals surface area contributed by atoms with Gasteiger partial charge in [0.15, 0.2) is 0 Å². The summed E-state index contributed by atoms with van der Waals surface area (Å²) in [6.07, 6.45) is 6.04. The Morgan fingerprint density at radius 2 is 2.37 bits per heavy atom. The van der Waals surface area contributed by atoms with E-state index < -0.39 is 0 Å². The first-order valence-electron chi connectivity index (χ1n) is 7.06. The van der Waals surface area contributed by atoms with Crippen LogP contribution in [0.15, 0.2) is 11.4 Å². The molecule has 0 bridgehead atoms. The van der Waals surface area contributed by atoms with E-state index in [1.54, 1.807) is 11.3 Å². The third-order valence-corrected chi connectivity index (χ3v) is 4.38. The van der Waals surface area contributed by atoms with Crippen molar-refractivity contribution in [2.75, 3.05) is 6.61 Å². The highest BCUT2D eigenvalue weighted by molar-refractivity contribution is 7.10. The number of hydrogen-bond donors (Lipinski definition) is 1. The first-order chi connectivity index (χ1) is 9.28. The van der Waals surface area contributed by atoms with Gasteiger partial charge in [0.05, 0.1) is 19.3 Å². The zero-order chi connectivity index (χ0) is 13.5. The lowest BCUT2D eigenvalue weighted by Gasteiger charge is -2.26. The monoisotopic (exact) mass is 278 g/mol. The van der Waals surface area contributed by atoms with Crippen molar-refractivity contribution in [3.8, 4) is 11.8 Å². The highest BCUT2D eigenvalue weighted by Crippen LogP contribution is 2.27. The van der Waals surface area contributed by atoms with Gasteiger partial charge in [-0.25, -0.2) is 0 Å². The minimum absolute atomic E-state index is 0.132. The predicted octanol–water partition coefficient (Wildman–Crippen LogP) is 3.58. The topological polar surface area (TPSA) is 29.5 Å². The van der Waals surface area contributed by atoms with Crippen LogP contribution in [0.4, 0.5) is 0 Å². The third kappa shape index (κ3) is 4.99. The van der Waals surface area contributed by atoms with Crippen molar-refractivity contribution in [1.29, 1.82) is 0 Å². The molecular formula is C16H22O2S. The number of rotatable bonds is 4. The summed E-state index contributed by atoms with van der Waals surface area (Å²) in [5.41, 5.74) is 1.04. The molecule has 0 radical (unpaired) electrons. The normalized spacial score (nSPS) is 22.8. The summed E-state index contributed by atoms with van der Waals surface area (Å²) in [5.74, 6) is 6.81. The Kier molecular flexibility index (Phi) is 5.91. The quantitative estimate of drug-likeness (QED) is 0.853. The fourth-order valence-electron chi connectivity index (χ4n) is 2.47. The number of thiophene rings is 1. The zero-order valence-corrected chi connectivity index (χ0v) is 12.3. The van der Waals surface area contributed by atoms with E-state index in [0.717, 1.165) is 11.5 Å². The van der Waals surface area contributed by atoms with Gasteiger partial charge in [0.2, 0.25) is 0 Å². The standard InChI is InChI=1S/C16H22O2S/c1-13-5-4-7-15(9-13)18-11-16-10-14(12-19-16)6-2-3-8-17/h10,12-13,15,17H,3-5,7-9,11H2,1H3. The second-order valence-electron chi connectivity index (χ2n) is 5.28. The van der Waals surface area contributed by atoms with Gasteiger partial charge in [-0.15, -0.1) is 11.3 Å². The van der Waals surface area contributed by atoms with E-state index in [2.05, 4.69) is 30.2 Å². The first kappa shape index (κ1) is 14.6. The van der Waals surface area contributed by atoms with Crippen LogP contribution >= 0.6 is 11.3 Å². The molecule has 2 unspecified atom stereocenters. The van der Waals surface area contributed by atoms with Crippen LogP contribution in [0, 0.1) is 17.8 Å². The van der Waals surface area contributed by atoms with Crippen LogP contribution in [0.25, 0.3) is 0 Å². The minimum atomic E-state index is 0.132. The van der Waals surface area contributed by atoms with Crippen LogP contribution in [0.5, 0.6) is 0 Å². The molecule has 2 nitrogen and oxygen atoms in total. The van der Waals surface area contributed by atoms with Crippen LogP contribution in [-0.2, 0) is 11.3 Å². The van der Waals surface area contributed by atoms with Gasteiger partial charge < -0.3 is 9.84 Å². The van der Waals surface area contributed by atoms with Gasteiger partial charge in [0.1, 0.15) is 0 Å². The van der Waals surface area contributed by atoms with Crippen LogP contribution < -0.4 is 0 Å². The SMILES string of the molecule is CC1CCCC(OCc2cc(C#CCCO)cs2)C1. The average Bonchev–Trinajstić information content (AvgIpc) is 2.85. The van der Waals surface area contributed by atoms with Crippen molar-refractivity contribution in [3.63, 3.8) is 0 Å². The highest BCUT2D eigenvalue weighted by atomic mass is 32.1. The maximum Gasteiger partial charge on any atom is 0.0813 e. The number of aliphatic hydroxyl groups excluding tert-OH is 1. The maximum absolute atomic E-state index is 8.68. The second kappa shape index (κ2) is 7.69. The van der Waals surface area contributed by atoms with Gasteiger partial charge in [0.25, 0.3) is 0 Å². The molecule has 1 aliphatic rings. The van der Waals surface area contributed by atoms with Crippen molar-refractivity contribution in [2.24, 2.45) is 5.92 Å². The van der Waals surface area contributed by atoms with E-state index in [9.17, 15) is 0 Å². The van der Waals surface area contributed by atoms with E-state index in [1.165, 1.54) is 30.6 Å². The van der Waals surface area contributed by atoms with Gasteiger partial charge >= 0.3 is 0 Å². The fourth-order valence-corrected chi connectivity index (χ4v) is 3.21. The number of aliphatic hydroxyl groups is 1. The highest BCUT2D eigenvalue weighted by Gasteiger charge is 2.19.